The first-order valence-electron chi connectivity index (χ1n) is 5.34. The summed E-state index contributed by atoms with van der Waals surface area (Å²) in [6.45, 7) is 2.24. The first kappa shape index (κ1) is 13.3. The zero-order valence-electron chi connectivity index (χ0n) is 10.3. The third kappa shape index (κ3) is 3.64. The SMILES string of the molecule is COc1ccc(OC)c(C(=O)NCC(C)N)c1. The number of rotatable bonds is 5. The molecule has 17 heavy (non-hydrogen) atoms. The van der Waals surface area contributed by atoms with Crippen molar-refractivity contribution in [2.24, 2.45) is 5.73 Å². The monoisotopic (exact) mass is 238 g/mol. The van der Waals surface area contributed by atoms with Crippen LogP contribution in [0.25, 0.3) is 0 Å². The quantitative estimate of drug-likeness (QED) is 0.795. The fourth-order valence-electron chi connectivity index (χ4n) is 1.34. The second-order valence-corrected chi connectivity index (χ2v) is 3.75. The molecule has 0 saturated heterocycles. The molecule has 0 bridgehead atoms. The third-order valence-corrected chi connectivity index (χ3v) is 2.24. The molecule has 5 nitrogen and oxygen atoms in total. The summed E-state index contributed by atoms with van der Waals surface area (Å²) >= 11 is 0. The Balaban J connectivity index is 2.89. The van der Waals surface area contributed by atoms with Crippen LogP contribution in [0.15, 0.2) is 18.2 Å². The molecule has 1 atom stereocenters. The van der Waals surface area contributed by atoms with Crippen molar-refractivity contribution in [2.45, 2.75) is 13.0 Å². The van der Waals surface area contributed by atoms with E-state index in [0.29, 0.717) is 23.6 Å². The Morgan fingerprint density at radius 1 is 1.41 bits per heavy atom. The van der Waals surface area contributed by atoms with Crippen molar-refractivity contribution in [3.05, 3.63) is 23.8 Å². The Hall–Kier alpha value is -1.75. The van der Waals surface area contributed by atoms with Crippen molar-refractivity contribution >= 4 is 5.91 Å². The van der Waals surface area contributed by atoms with Crippen molar-refractivity contribution in [1.82, 2.24) is 5.32 Å². The molecule has 1 aromatic carbocycles. The number of carbonyl (C=O) groups is 1. The highest BCUT2D eigenvalue weighted by Crippen LogP contribution is 2.23. The Morgan fingerprint density at radius 3 is 2.65 bits per heavy atom. The molecular weight excluding hydrogens is 220 g/mol. The number of ether oxygens (including phenoxy) is 2. The van der Waals surface area contributed by atoms with Gasteiger partial charge in [0.25, 0.3) is 5.91 Å². The van der Waals surface area contributed by atoms with Gasteiger partial charge in [-0.05, 0) is 25.1 Å². The van der Waals surface area contributed by atoms with E-state index in [-0.39, 0.29) is 11.9 Å². The zero-order valence-corrected chi connectivity index (χ0v) is 10.3. The molecule has 5 heteroatoms. The van der Waals surface area contributed by atoms with Crippen LogP contribution >= 0.6 is 0 Å². The average molecular weight is 238 g/mol. The smallest absolute Gasteiger partial charge is 0.255 e. The van der Waals surface area contributed by atoms with Crippen LogP contribution in [0.2, 0.25) is 0 Å². The van der Waals surface area contributed by atoms with E-state index in [1.807, 2.05) is 6.92 Å². The van der Waals surface area contributed by atoms with Crippen LogP contribution in [0.4, 0.5) is 0 Å². The molecule has 3 N–H and O–H groups in total. The van der Waals surface area contributed by atoms with Gasteiger partial charge in [-0.1, -0.05) is 0 Å². The highest BCUT2D eigenvalue weighted by Gasteiger charge is 2.13. The molecule has 94 valence electrons. The van der Waals surface area contributed by atoms with Gasteiger partial charge in [-0.15, -0.1) is 0 Å². The van der Waals surface area contributed by atoms with Crippen LogP contribution in [0.5, 0.6) is 11.5 Å². The van der Waals surface area contributed by atoms with Crippen molar-refractivity contribution < 1.29 is 14.3 Å². The standard InChI is InChI=1S/C12H18N2O3/c1-8(13)7-14-12(15)10-6-9(16-2)4-5-11(10)17-3/h4-6,8H,7,13H2,1-3H3,(H,14,15). The maximum atomic E-state index is 11.9. The molecule has 0 spiro atoms. The van der Waals surface area contributed by atoms with E-state index in [2.05, 4.69) is 5.32 Å². The summed E-state index contributed by atoms with van der Waals surface area (Å²) in [6.07, 6.45) is 0. The van der Waals surface area contributed by atoms with Gasteiger partial charge >= 0.3 is 0 Å². The fraction of sp³-hybridized carbons (Fsp3) is 0.417. The van der Waals surface area contributed by atoms with E-state index >= 15 is 0 Å². The third-order valence-electron chi connectivity index (χ3n) is 2.24. The topological polar surface area (TPSA) is 73.6 Å². The Labute approximate surface area is 101 Å². The molecular formula is C12H18N2O3. The summed E-state index contributed by atoms with van der Waals surface area (Å²) in [5, 5.41) is 2.72. The highest BCUT2D eigenvalue weighted by molar-refractivity contribution is 5.97. The van der Waals surface area contributed by atoms with Crippen LogP contribution in [0, 0.1) is 0 Å². The van der Waals surface area contributed by atoms with E-state index in [9.17, 15) is 4.79 Å². The summed E-state index contributed by atoms with van der Waals surface area (Å²) in [5.74, 6) is 0.891. The van der Waals surface area contributed by atoms with E-state index < -0.39 is 0 Å². The van der Waals surface area contributed by atoms with Crippen LogP contribution in [-0.4, -0.2) is 32.7 Å². The molecule has 0 radical (unpaired) electrons. The lowest BCUT2D eigenvalue weighted by Gasteiger charge is -2.12. The second-order valence-electron chi connectivity index (χ2n) is 3.75. The number of benzene rings is 1. The Morgan fingerprint density at radius 2 is 2.12 bits per heavy atom. The van der Waals surface area contributed by atoms with Gasteiger partial charge in [0.2, 0.25) is 0 Å². The molecule has 1 rings (SSSR count). The zero-order chi connectivity index (χ0) is 12.8. The highest BCUT2D eigenvalue weighted by atomic mass is 16.5. The minimum Gasteiger partial charge on any atom is -0.497 e. The van der Waals surface area contributed by atoms with Crippen molar-refractivity contribution in [3.8, 4) is 11.5 Å². The van der Waals surface area contributed by atoms with E-state index in [4.69, 9.17) is 15.2 Å². The van der Waals surface area contributed by atoms with Crippen LogP contribution in [0.3, 0.4) is 0 Å². The van der Waals surface area contributed by atoms with E-state index in [1.54, 1.807) is 25.3 Å². The summed E-state index contributed by atoms with van der Waals surface area (Å²) < 4.78 is 10.2. The number of carbonyl (C=O) groups excluding carboxylic acids is 1. The predicted octanol–water partition coefficient (Wildman–Crippen LogP) is 0.781. The summed E-state index contributed by atoms with van der Waals surface area (Å²) in [5.41, 5.74) is 6.01. The number of nitrogens with two attached hydrogens (primary N) is 1. The molecule has 0 aromatic heterocycles. The predicted molar refractivity (Wildman–Crippen MR) is 65.5 cm³/mol. The van der Waals surface area contributed by atoms with Gasteiger partial charge in [0.05, 0.1) is 19.8 Å². The minimum absolute atomic E-state index is 0.0875. The summed E-state index contributed by atoms with van der Waals surface area (Å²) in [7, 11) is 3.07. The lowest BCUT2D eigenvalue weighted by molar-refractivity contribution is 0.0948. The molecule has 0 aliphatic carbocycles. The largest absolute Gasteiger partial charge is 0.497 e. The van der Waals surface area contributed by atoms with Crippen molar-refractivity contribution in [1.29, 1.82) is 0 Å². The summed E-state index contributed by atoms with van der Waals surface area (Å²) in [4.78, 5) is 11.9. The second kappa shape index (κ2) is 6.10. The van der Waals surface area contributed by atoms with Gasteiger partial charge in [0.15, 0.2) is 0 Å². The number of amides is 1. The number of hydrogen-bond acceptors (Lipinski definition) is 4. The average Bonchev–Trinajstić information content (AvgIpc) is 2.34. The normalized spacial score (nSPS) is 11.8. The minimum atomic E-state index is -0.224. The van der Waals surface area contributed by atoms with Crippen LogP contribution < -0.4 is 20.5 Å². The molecule has 0 fully saturated rings. The maximum Gasteiger partial charge on any atom is 0.255 e. The van der Waals surface area contributed by atoms with Crippen LogP contribution in [-0.2, 0) is 0 Å². The molecule has 0 aliphatic rings. The van der Waals surface area contributed by atoms with Gasteiger partial charge < -0.3 is 20.5 Å². The molecule has 0 saturated carbocycles. The summed E-state index contributed by atoms with van der Waals surface area (Å²) in [6, 6.07) is 4.98. The Kier molecular flexibility index (Phi) is 4.78. The first-order valence-corrected chi connectivity index (χ1v) is 5.34. The van der Waals surface area contributed by atoms with Crippen molar-refractivity contribution in [3.63, 3.8) is 0 Å². The van der Waals surface area contributed by atoms with E-state index in [1.165, 1.54) is 7.11 Å². The van der Waals surface area contributed by atoms with Gasteiger partial charge in [0.1, 0.15) is 11.5 Å². The van der Waals surface area contributed by atoms with Crippen LogP contribution in [0.1, 0.15) is 17.3 Å². The van der Waals surface area contributed by atoms with Gasteiger partial charge in [-0.25, -0.2) is 0 Å². The molecule has 1 aromatic rings. The molecule has 0 aliphatic heterocycles. The van der Waals surface area contributed by atoms with Gasteiger partial charge in [-0.2, -0.15) is 0 Å². The maximum absolute atomic E-state index is 11.9. The van der Waals surface area contributed by atoms with Gasteiger partial charge in [-0.3, -0.25) is 4.79 Å². The Bertz CT molecular complexity index is 391. The number of hydrogen-bond donors (Lipinski definition) is 2. The molecule has 1 amide bonds. The number of methoxy groups -OCH3 is 2. The first-order chi connectivity index (χ1) is 8.08. The van der Waals surface area contributed by atoms with E-state index in [0.717, 1.165) is 0 Å². The molecule has 1 unspecified atom stereocenters. The van der Waals surface area contributed by atoms with Gasteiger partial charge in [0, 0.05) is 12.6 Å². The molecule has 0 heterocycles. The fourth-order valence-corrected chi connectivity index (χ4v) is 1.34. The lowest BCUT2D eigenvalue weighted by atomic mass is 10.1. The number of nitrogens with one attached hydrogen (secondary N) is 1. The van der Waals surface area contributed by atoms with Crippen molar-refractivity contribution in [2.75, 3.05) is 20.8 Å². The lowest BCUT2D eigenvalue weighted by Crippen LogP contribution is -2.35.